The van der Waals surface area contributed by atoms with E-state index in [0.29, 0.717) is 22.7 Å². The lowest BCUT2D eigenvalue weighted by Gasteiger charge is -2.22. The van der Waals surface area contributed by atoms with Crippen LogP contribution in [0.25, 0.3) is 22.6 Å². The number of alkyl carbamates (subject to hydrolysis) is 1. The molecule has 2 aromatic carbocycles. The Balaban J connectivity index is 1.86. The van der Waals surface area contributed by atoms with Gasteiger partial charge in [0.2, 0.25) is 5.89 Å². The molecular weight excluding hydrogens is 438 g/mol. The van der Waals surface area contributed by atoms with Gasteiger partial charge in [0.05, 0.1) is 19.8 Å². The first-order valence-electron chi connectivity index (χ1n) is 10.8. The topological polar surface area (TPSA) is 103 Å². The van der Waals surface area contributed by atoms with Gasteiger partial charge in [-0.15, -0.1) is 0 Å². The van der Waals surface area contributed by atoms with Crippen molar-refractivity contribution in [3.8, 4) is 17.2 Å². The van der Waals surface area contributed by atoms with Gasteiger partial charge in [0.25, 0.3) is 0 Å². The van der Waals surface area contributed by atoms with Crippen LogP contribution < -0.4 is 15.0 Å². The fourth-order valence-electron chi connectivity index (χ4n) is 3.37. The average molecular weight is 470 g/mol. The van der Waals surface area contributed by atoms with Crippen molar-refractivity contribution in [2.24, 2.45) is 0 Å². The molecule has 0 aliphatic rings. The molecule has 1 atom stereocenters. The largest absolute Gasteiger partial charge is 0.496 e. The number of hydrogen-bond donors (Lipinski definition) is 1. The molecular formula is C25H31N3O6. The predicted molar refractivity (Wildman–Crippen MR) is 129 cm³/mol. The number of methoxy groups -OCH3 is 2. The third-order valence-electron chi connectivity index (χ3n) is 5.00. The quantitative estimate of drug-likeness (QED) is 0.514. The maximum Gasteiger partial charge on any atom is 0.408 e. The van der Waals surface area contributed by atoms with Crippen LogP contribution in [0.15, 0.2) is 40.8 Å². The minimum absolute atomic E-state index is 0.199. The summed E-state index contributed by atoms with van der Waals surface area (Å²) < 4.78 is 21.6. The Morgan fingerprint density at radius 1 is 1.12 bits per heavy atom. The summed E-state index contributed by atoms with van der Waals surface area (Å²) in [5, 5.41) is 2.58. The van der Waals surface area contributed by atoms with Crippen LogP contribution in [0.5, 0.6) is 5.75 Å². The smallest absolute Gasteiger partial charge is 0.408 e. The van der Waals surface area contributed by atoms with Crippen molar-refractivity contribution < 1.29 is 28.2 Å². The molecule has 0 fully saturated rings. The SMILES string of the molecule is COC(=O)[C@H](Cc1ccc2oc(-c3ccc(N(C)C)cc3OC)nc2c1)NC(=O)OC(C)(C)C. The molecule has 0 aliphatic heterocycles. The van der Waals surface area contributed by atoms with E-state index < -0.39 is 23.7 Å². The molecule has 0 spiro atoms. The lowest BCUT2D eigenvalue weighted by molar-refractivity contribution is -0.143. The monoisotopic (exact) mass is 469 g/mol. The minimum Gasteiger partial charge on any atom is -0.496 e. The van der Waals surface area contributed by atoms with Gasteiger partial charge >= 0.3 is 12.1 Å². The molecule has 1 aromatic heterocycles. The van der Waals surface area contributed by atoms with E-state index in [9.17, 15) is 9.59 Å². The highest BCUT2D eigenvalue weighted by Gasteiger charge is 2.25. The van der Waals surface area contributed by atoms with Crippen molar-refractivity contribution >= 4 is 28.8 Å². The molecule has 182 valence electrons. The number of benzene rings is 2. The van der Waals surface area contributed by atoms with Gasteiger partial charge < -0.3 is 28.8 Å². The highest BCUT2D eigenvalue weighted by atomic mass is 16.6. The van der Waals surface area contributed by atoms with Crippen molar-refractivity contribution in [3.63, 3.8) is 0 Å². The van der Waals surface area contributed by atoms with Gasteiger partial charge in [0.1, 0.15) is 22.9 Å². The summed E-state index contributed by atoms with van der Waals surface area (Å²) in [6.45, 7) is 5.25. The van der Waals surface area contributed by atoms with Gasteiger partial charge in [0.15, 0.2) is 5.58 Å². The van der Waals surface area contributed by atoms with Crippen LogP contribution in [0, 0.1) is 0 Å². The molecule has 0 unspecified atom stereocenters. The molecule has 1 N–H and O–H groups in total. The highest BCUT2D eigenvalue weighted by Crippen LogP contribution is 2.34. The Labute approximate surface area is 199 Å². The van der Waals surface area contributed by atoms with Crippen LogP contribution in [0.3, 0.4) is 0 Å². The molecule has 0 aliphatic carbocycles. The summed E-state index contributed by atoms with van der Waals surface area (Å²) in [7, 11) is 6.78. The number of rotatable bonds is 7. The first kappa shape index (κ1) is 24.9. The maximum atomic E-state index is 12.3. The molecule has 3 rings (SSSR count). The number of nitrogens with one attached hydrogen (secondary N) is 1. The number of fused-ring (bicyclic) bond motifs is 1. The summed E-state index contributed by atoms with van der Waals surface area (Å²) in [6.07, 6.45) is -0.494. The number of oxazole rings is 1. The molecule has 1 amide bonds. The zero-order valence-electron chi connectivity index (χ0n) is 20.6. The number of esters is 1. The van der Waals surface area contributed by atoms with E-state index in [2.05, 4.69) is 10.3 Å². The second-order valence-electron chi connectivity index (χ2n) is 9.03. The van der Waals surface area contributed by atoms with Crippen LogP contribution >= 0.6 is 0 Å². The Hall–Kier alpha value is -3.75. The third kappa shape index (κ3) is 5.98. The second kappa shape index (κ2) is 10.0. The number of hydrogen-bond acceptors (Lipinski definition) is 8. The number of amides is 1. The van der Waals surface area contributed by atoms with Gasteiger partial charge in [-0.25, -0.2) is 14.6 Å². The van der Waals surface area contributed by atoms with Gasteiger partial charge in [-0.3, -0.25) is 0 Å². The normalized spacial score (nSPS) is 12.2. The molecule has 34 heavy (non-hydrogen) atoms. The fraction of sp³-hybridized carbons (Fsp3) is 0.400. The predicted octanol–water partition coefficient (Wildman–Crippen LogP) is 4.18. The van der Waals surface area contributed by atoms with Crippen LogP contribution in [0.4, 0.5) is 10.5 Å². The average Bonchev–Trinajstić information content (AvgIpc) is 3.19. The molecule has 3 aromatic rings. The molecule has 1 heterocycles. The number of anilines is 1. The van der Waals surface area contributed by atoms with Gasteiger partial charge in [-0.1, -0.05) is 6.07 Å². The highest BCUT2D eigenvalue weighted by molar-refractivity contribution is 5.82. The third-order valence-corrected chi connectivity index (χ3v) is 5.00. The summed E-state index contributed by atoms with van der Waals surface area (Å²) in [4.78, 5) is 31.1. The van der Waals surface area contributed by atoms with Gasteiger partial charge in [-0.05, 0) is 50.6 Å². The Morgan fingerprint density at radius 3 is 2.47 bits per heavy atom. The van der Waals surface area contributed by atoms with Crippen molar-refractivity contribution in [1.29, 1.82) is 0 Å². The van der Waals surface area contributed by atoms with E-state index in [1.165, 1.54) is 7.11 Å². The van der Waals surface area contributed by atoms with Crippen LogP contribution in [-0.2, 0) is 20.7 Å². The number of aromatic nitrogens is 1. The lowest BCUT2D eigenvalue weighted by atomic mass is 10.1. The van der Waals surface area contributed by atoms with E-state index >= 15 is 0 Å². The first-order chi connectivity index (χ1) is 16.0. The molecule has 0 radical (unpaired) electrons. The first-order valence-corrected chi connectivity index (χ1v) is 10.8. The Bertz CT molecular complexity index is 1180. The minimum atomic E-state index is -0.914. The molecule has 9 heteroatoms. The summed E-state index contributed by atoms with van der Waals surface area (Å²) in [6, 6.07) is 10.3. The van der Waals surface area contributed by atoms with E-state index in [1.807, 2.05) is 49.3 Å². The van der Waals surface area contributed by atoms with E-state index in [1.54, 1.807) is 33.9 Å². The number of carbonyl (C=O) groups excluding carboxylic acids is 2. The van der Waals surface area contributed by atoms with Crippen LogP contribution in [0.2, 0.25) is 0 Å². The number of carbonyl (C=O) groups is 2. The second-order valence-corrected chi connectivity index (χ2v) is 9.03. The van der Waals surface area contributed by atoms with Crippen molar-refractivity contribution in [1.82, 2.24) is 10.3 Å². The van der Waals surface area contributed by atoms with E-state index in [-0.39, 0.29) is 6.42 Å². The zero-order chi connectivity index (χ0) is 25.0. The molecule has 0 bridgehead atoms. The van der Waals surface area contributed by atoms with Crippen molar-refractivity contribution in [3.05, 3.63) is 42.0 Å². The van der Waals surface area contributed by atoms with Gasteiger partial charge in [0, 0.05) is 32.3 Å². The lowest BCUT2D eigenvalue weighted by Crippen LogP contribution is -2.45. The van der Waals surface area contributed by atoms with Crippen LogP contribution in [0.1, 0.15) is 26.3 Å². The number of nitrogens with zero attached hydrogens (tertiary/aromatic N) is 2. The Kier molecular flexibility index (Phi) is 7.34. The van der Waals surface area contributed by atoms with Crippen molar-refractivity contribution in [2.75, 3.05) is 33.2 Å². The summed E-state index contributed by atoms with van der Waals surface area (Å²) in [5.41, 5.74) is 3.01. The maximum absolute atomic E-state index is 12.3. The fourth-order valence-corrected chi connectivity index (χ4v) is 3.37. The Morgan fingerprint density at radius 2 is 1.85 bits per heavy atom. The van der Waals surface area contributed by atoms with Crippen LogP contribution in [-0.4, -0.2) is 57.0 Å². The van der Waals surface area contributed by atoms with E-state index in [0.717, 1.165) is 16.8 Å². The zero-order valence-corrected chi connectivity index (χ0v) is 20.6. The molecule has 0 saturated carbocycles. The van der Waals surface area contributed by atoms with Crippen molar-refractivity contribution in [2.45, 2.75) is 38.8 Å². The molecule has 9 nitrogen and oxygen atoms in total. The summed E-state index contributed by atoms with van der Waals surface area (Å²) in [5.74, 6) is 0.494. The summed E-state index contributed by atoms with van der Waals surface area (Å²) >= 11 is 0. The van der Waals surface area contributed by atoms with Gasteiger partial charge in [-0.2, -0.15) is 0 Å². The standard InChI is InChI=1S/C25H31N3O6/c1-25(2,3)34-24(30)27-19(23(29)32-7)13-15-8-11-20-18(12-15)26-22(33-20)17-10-9-16(28(4)5)14-21(17)31-6/h8-12,14,19H,13H2,1-7H3,(H,27,30)/t19-/m0/s1. The molecule has 0 saturated heterocycles. The number of ether oxygens (including phenoxy) is 3. The van der Waals surface area contributed by atoms with E-state index in [4.69, 9.17) is 18.6 Å².